The monoisotopic (exact) mass is 270 g/mol. The van der Waals surface area contributed by atoms with Crippen molar-refractivity contribution in [3.8, 4) is 0 Å². The van der Waals surface area contributed by atoms with Gasteiger partial charge in [0.05, 0.1) is 11.3 Å². The number of nitrogens with one attached hydrogen (secondary N) is 2. The average Bonchev–Trinajstić information content (AvgIpc) is 2.37. The van der Waals surface area contributed by atoms with Crippen molar-refractivity contribution in [3.05, 3.63) is 29.3 Å². The lowest BCUT2D eigenvalue weighted by molar-refractivity contribution is -0.122. The predicted molar refractivity (Wildman–Crippen MR) is 63.0 cm³/mol. The normalized spacial score (nSPS) is 18.8. The SMILES string of the molecule is O=C1CCC(Nc2ccc(C(=O)O)c(F)c2F)CN1. The maximum atomic E-state index is 13.7. The van der Waals surface area contributed by atoms with Crippen LogP contribution in [0.5, 0.6) is 0 Å². The summed E-state index contributed by atoms with van der Waals surface area (Å²) in [6.07, 6.45) is 0.822. The second-order valence-corrected chi connectivity index (χ2v) is 4.28. The third kappa shape index (κ3) is 2.81. The van der Waals surface area contributed by atoms with Gasteiger partial charge < -0.3 is 15.7 Å². The van der Waals surface area contributed by atoms with Crippen LogP contribution >= 0.6 is 0 Å². The van der Waals surface area contributed by atoms with Crippen molar-refractivity contribution in [1.29, 1.82) is 0 Å². The van der Waals surface area contributed by atoms with E-state index in [-0.39, 0.29) is 17.6 Å². The van der Waals surface area contributed by atoms with Crippen molar-refractivity contribution >= 4 is 17.6 Å². The van der Waals surface area contributed by atoms with E-state index in [2.05, 4.69) is 10.6 Å². The summed E-state index contributed by atoms with van der Waals surface area (Å²) in [5, 5.41) is 14.0. The van der Waals surface area contributed by atoms with Gasteiger partial charge >= 0.3 is 5.97 Å². The van der Waals surface area contributed by atoms with E-state index in [1.54, 1.807) is 0 Å². The van der Waals surface area contributed by atoms with E-state index in [4.69, 9.17) is 5.11 Å². The zero-order valence-electron chi connectivity index (χ0n) is 9.87. The minimum Gasteiger partial charge on any atom is -0.478 e. The minimum absolute atomic E-state index is 0.0778. The van der Waals surface area contributed by atoms with Gasteiger partial charge in [-0.2, -0.15) is 0 Å². The van der Waals surface area contributed by atoms with Crippen LogP contribution in [0.3, 0.4) is 0 Å². The van der Waals surface area contributed by atoms with E-state index in [0.717, 1.165) is 6.07 Å². The Morgan fingerprint density at radius 1 is 1.37 bits per heavy atom. The third-order valence-electron chi connectivity index (χ3n) is 2.94. The molecule has 1 aliphatic heterocycles. The third-order valence-corrected chi connectivity index (χ3v) is 2.94. The van der Waals surface area contributed by atoms with Gasteiger partial charge in [0.2, 0.25) is 5.91 Å². The Morgan fingerprint density at radius 2 is 2.11 bits per heavy atom. The first kappa shape index (κ1) is 13.3. The number of amides is 1. The lowest BCUT2D eigenvalue weighted by Crippen LogP contribution is -2.42. The molecule has 1 fully saturated rings. The number of aromatic carboxylic acids is 1. The fraction of sp³-hybridized carbons (Fsp3) is 0.333. The smallest absolute Gasteiger partial charge is 0.338 e. The van der Waals surface area contributed by atoms with Crippen molar-refractivity contribution in [2.45, 2.75) is 18.9 Å². The highest BCUT2D eigenvalue weighted by Crippen LogP contribution is 2.22. The molecule has 0 aliphatic carbocycles. The van der Waals surface area contributed by atoms with Gasteiger partial charge in [-0.15, -0.1) is 0 Å². The van der Waals surface area contributed by atoms with E-state index in [0.29, 0.717) is 19.4 Å². The summed E-state index contributed by atoms with van der Waals surface area (Å²) < 4.78 is 27.1. The van der Waals surface area contributed by atoms with Crippen LogP contribution in [0.4, 0.5) is 14.5 Å². The van der Waals surface area contributed by atoms with E-state index < -0.39 is 23.2 Å². The molecule has 0 bridgehead atoms. The van der Waals surface area contributed by atoms with Gasteiger partial charge in [-0.05, 0) is 18.6 Å². The van der Waals surface area contributed by atoms with Crippen LogP contribution in [0.2, 0.25) is 0 Å². The summed E-state index contributed by atoms with van der Waals surface area (Å²) in [7, 11) is 0. The zero-order chi connectivity index (χ0) is 14.0. The molecular weight excluding hydrogens is 258 g/mol. The summed E-state index contributed by atoms with van der Waals surface area (Å²) in [6.45, 7) is 0.320. The lowest BCUT2D eigenvalue weighted by atomic mass is 10.1. The molecule has 1 atom stereocenters. The molecule has 0 radical (unpaired) electrons. The molecule has 1 amide bonds. The molecule has 1 aromatic carbocycles. The number of carbonyl (C=O) groups is 2. The van der Waals surface area contributed by atoms with E-state index in [9.17, 15) is 18.4 Å². The van der Waals surface area contributed by atoms with Crippen LogP contribution in [-0.4, -0.2) is 29.6 Å². The van der Waals surface area contributed by atoms with E-state index >= 15 is 0 Å². The minimum atomic E-state index is -1.52. The summed E-state index contributed by atoms with van der Waals surface area (Å²) in [6, 6.07) is 1.98. The highest BCUT2D eigenvalue weighted by atomic mass is 19.2. The van der Waals surface area contributed by atoms with Crippen LogP contribution in [-0.2, 0) is 4.79 Å². The average molecular weight is 270 g/mol. The van der Waals surface area contributed by atoms with Gasteiger partial charge in [-0.3, -0.25) is 4.79 Å². The van der Waals surface area contributed by atoms with Gasteiger partial charge in [-0.25, -0.2) is 13.6 Å². The van der Waals surface area contributed by atoms with Crippen molar-refractivity contribution in [1.82, 2.24) is 5.32 Å². The topological polar surface area (TPSA) is 78.4 Å². The summed E-state index contributed by atoms with van der Waals surface area (Å²) in [5.74, 6) is -4.21. The molecule has 0 saturated carbocycles. The number of benzene rings is 1. The number of anilines is 1. The molecule has 102 valence electrons. The standard InChI is InChI=1S/C12H12F2N2O3/c13-10-7(12(18)19)2-3-8(11(10)14)16-6-1-4-9(17)15-5-6/h2-3,6,16H,1,4-5H2,(H,15,17)(H,18,19). The van der Waals surface area contributed by atoms with Crippen molar-refractivity contribution in [2.24, 2.45) is 0 Å². The second-order valence-electron chi connectivity index (χ2n) is 4.28. The number of piperidine rings is 1. The first-order valence-electron chi connectivity index (χ1n) is 5.73. The van der Waals surface area contributed by atoms with E-state index in [1.165, 1.54) is 6.07 Å². The fourth-order valence-electron chi connectivity index (χ4n) is 1.90. The van der Waals surface area contributed by atoms with Crippen molar-refractivity contribution in [3.63, 3.8) is 0 Å². The summed E-state index contributed by atoms with van der Waals surface area (Å²) >= 11 is 0. The van der Waals surface area contributed by atoms with Crippen molar-refractivity contribution in [2.75, 3.05) is 11.9 Å². The van der Waals surface area contributed by atoms with Gasteiger partial charge in [-0.1, -0.05) is 0 Å². The van der Waals surface area contributed by atoms with Crippen LogP contribution < -0.4 is 10.6 Å². The quantitative estimate of drug-likeness (QED) is 0.774. The Hall–Kier alpha value is -2.18. The predicted octanol–water partition coefficient (Wildman–Crippen LogP) is 1.35. The van der Waals surface area contributed by atoms with Gasteiger partial charge in [0.1, 0.15) is 0 Å². The van der Waals surface area contributed by atoms with Crippen molar-refractivity contribution < 1.29 is 23.5 Å². The van der Waals surface area contributed by atoms with E-state index in [1.807, 2.05) is 0 Å². The number of carbonyl (C=O) groups excluding carboxylic acids is 1. The molecule has 0 spiro atoms. The second kappa shape index (κ2) is 5.21. The first-order chi connectivity index (χ1) is 8.99. The number of rotatable bonds is 3. The summed E-state index contributed by atoms with van der Waals surface area (Å²) in [4.78, 5) is 21.6. The Labute approximate surface area is 107 Å². The molecule has 3 N–H and O–H groups in total. The van der Waals surface area contributed by atoms with Gasteiger partial charge in [0, 0.05) is 19.0 Å². The number of hydrogen-bond donors (Lipinski definition) is 3. The number of carboxylic acids is 1. The molecule has 1 aromatic rings. The largest absolute Gasteiger partial charge is 0.478 e. The molecule has 1 unspecified atom stereocenters. The molecule has 5 nitrogen and oxygen atoms in total. The Kier molecular flexibility index (Phi) is 3.64. The first-order valence-corrected chi connectivity index (χ1v) is 5.73. The molecule has 1 saturated heterocycles. The summed E-state index contributed by atoms with van der Waals surface area (Å²) in [5.41, 5.74) is -0.816. The zero-order valence-corrected chi connectivity index (χ0v) is 9.87. The Bertz CT molecular complexity index is 524. The van der Waals surface area contributed by atoms with Crippen LogP contribution in [0, 0.1) is 11.6 Å². The number of halogens is 2. The highest BCUT2D eigenvalue weighted by molar-refractivity contribution is 5.88. The number of hydrogen-bond acceptors (Lipinski definition) is 3. The Morgan fingerprint density at radius 3 is 2.68 bits per heavy atom. The van der Waals surface area contributed by atoms with Gasteiger partial charge in [0.25, 0.3) is 0 Å². The fourth-order valence-corrected chi connectivity index (χ4v) is 1.90. The molecule has 2 rings (SSSR count). The molecule has 19 heavy (non-hydrogen) atoms. The van der Waals surface area contributed by atoms with Gasteiger partial charge in [0.15, 0.2) is 11.6 Å². The molecule has 1 aliphatic rings. The number of carboxylic acid groups (broad SMARTS) is 1. The van der Waals surface area contributed by atoms with Crippen LogP contribution in [0.25, 0.3) is 0 Å². The maximum absolute atomic E-state index is 13.7. The van der Waals surface area contributed by atoms with Crippen LogP contribution in [0.15, 0.2) is 12.1 Å². The molecule has 0 aromatic heterocycles. The highest BCUT2D eigenvalue weighted by Gasteiger charge is 2.22. The molecule has 7 heteroatoms. The Balaban J connectivity index is 2.15. The molecule has 1 heterocycles. The van der Waals surface area contributed by atoms with Crippen LogP contribution in [0.1, 0.15) is 23.2 Å². The maximum Gasteiger partial charge on any atom is 0.338 e. The molecular formula is C12H12F2N2O3. The lowest BCUT2D eigenvalue weighted by Gasteiger charge is -2.24.